The molecule has 0 amide bonds. The number of rotatable bonds is 4. The van der Waals surface area contributed by atoms with Gasteiger partial charge in [0.25, 0.3) is 0 Å². The third-order valence-electron chi connectivity index (χ3n) is 11.4. The highest BCUT2D eigenvalue weighted by Crippen LogP contribution is 2.42. The van der Waals surface area contributed by atoms with Crippen LogP contribution in [0.15, 0.2) is 188 Å². The van der Waals surface area contributed by atoms with Gasteiger partial charge in [-0.05, 0) is 104 Å². The van der Waals surface area contributed by atoms with Crippen molar-refractivity contribution in [1.29, 1.82) is 0 Å². The molecule has 0 saturated heterocycles. The van der Waals surface area contributed by atoms with E-state index in [4.69, 9.17) is 4.98 Å². The van der Waals surface area contributed by atoms with Crippen LogP contribution in [0.25, 0.3) is 108 Å². The average Bonchev–Trinajstić information content (AvgIpc) is 3.93. The normalized spacial score (nSPS) is 12.0. The second kappa shape index (κ2) is 11.7. The van der Waals surface area contributed by atoms with Crippen LogP contribution in [0, 0.1) is 0 Å². The average molecular weight is 718 g/mol. The lowest BCUT2D eigenvalue weighted by Crippen LogP contribution is -1.94. The van der Waals surface area contributed by atoms with E-state index in [-0.39, 0.29) is 0 Å². The van der Waals surface area contributed by atoms with Crippen LogP contribution in [0.4, 0.5) is 0 Å². The fourth-order valence-electron chi connectivity index (χ4n) is 8.92. The molecule has 3 heterocycles. The molecule has 0 spiro atoms. The molecule has 0 aliphatic carbocycles. The van der Waals surface area contributed by atoms with Crippen molar-refractivity contribution in [2.75, 3.05) is 0 Å². The van der Waals surface area contributed by atoms with Crippen molar-refractivity contribution < 1.29 is 0 Å². The first-order chi connectivity index (χ1) is 27.3. The predicted molar refractivity (Wildman–Crippen MR) is 234 cm³/mol. The number of thiazole rings is 1. The molecular formula is C51H31N3S. The molecule has 0 aliphatic heterocycles. The summed E-state index contributed by atoms with van der Waals surface area (Å²) < 4.78 is 5.95. The highest BCUT2D eigenvalue weighted by Gasteiger charge is 2.19. The van der Waals surface area contributed by atoms with Gasteiger partial charge in [-0.25, -0.2) is 4.98 Å². The Labute approximate surface area is 320 Å². The minimum atomic E-state index is 0.991. The second-order valence-electron chi connectivity index (χ2n) is 14.3. The van der Waals surface area contributed by atoms with Crippen molar-refractivity contribution in [2.24, 2.45) is 0 Å². The molecule has 0 saturated carbocycles. The third kappa shape index (κ3) is 4.52. The Bertz CT molecular complexity index is 3460. The molecule has 0 N–H and O–H groups in total. The van der Waals surface area contributed by atoms with Crippen LogP contribution < -0.4 is 0 Å². The van der Waals surface area contributed by atoms with Crippen LogP contribution in [0.5, 0.6) is 0 Å². The molecule has 55 heavy (non-hydrogen) atoms. The summed E-state index contributed by atoms with van der Waals surface area (Å²) in [6.07, 6.45) is 0. The van der Waals surface area contributed by atoms with E-state index in [0.29, 0.717) is 0 Å². The second-order valence-corrected chi connectivity index (χ2v) is 15.3. The van der Waals surface area contributed by atoms with E-state index in [2.05, 4.69) is 197 Å². The Morgan fingerprint density at radius 3 is 1.85 bits per heavy atom. The topological polar surface area (TPSA) is 22.8 Å². The first-order valence-corrected chi connectivity index (χ1v) is 19.5. The molecule has 0 fully saturated rings. The summed E-state index contributed by atoms with van der Waals surface area (Å²) in [7, 11) is 0. The Kier molecular flexibility index (Phi) is 6.50. The lowest BCUT2D eigenvalue weighted by molar-refractivity contribution is 1.15. The Hall–Kier alpha value is -7.01. The summed E-state index contributed by atoms with van der Waals surface area (Å²) in [5, 5.41) is 11.1. The van der Waals surface area contributed by atoms with Gasteiger partial charge in [-0.3, -0.25) is 4.57 Å². The fraction of sp³-hybridized carbons (Fsp3) is 0. The third-order valence-corrected chi connectivity index (χ3v) is 12.4. The first-order valence-electron chi connectivity index (χ1n) is 18.7. The Morgan fingerprint density at radius 1 is 0.382 bits per heavy atom. The van der Waals surface area contributed by atoms with Crippen molar-refractivity contribution in [1.82, 2.24) is 14.1 Å². The van der Waals surface area contributed by atoms with E-state index in [1.54, 1.807) is 11.3 Å². The molecule has 0 aliphatic rings. The van der Waals surface area contributed by atoms with Gasteiger partial charge < -0.3 is 4.57 Å². The summed E-state index contributed by atoms with van der Waals surface area (Å²) in [4.78, 5) is 5.07. The zero-order chi connectivity index (χ0) is 36.0. The van der Waals surface area contributed by atoms with Gasteiger partial charge in [0.15, 0.2) is 5.13 Å². The van der Waals surface area contributed by atoms with E-state index < -0.39 is 0 Å². The van der Waals surface area contributed by atoms with Crippen molar-refractivity contribution in [2.45, 2.75) is 0 Å². The van der Waals surface area contributed by atoms with Crippen molar-refractivity contribution in [3.63, 3.8) is 0 Å². The number of benzene rings is 9. The number of fused-ring (bicyclic) bond motifs is 10. The maximum atomic E-state index is 5.07. The fourth-order valence-corrected chi connectivity index (χ4v) is 9.92. The largest absolute Gasteiger partial charge is 0.309 e. The van der Waals surface area contributed by atoms with Crippen molar-refractivity contribution >= 4 is 86.7 Å². The van der Waals surface area contributed by atoms with Gasteiger partial charge >= 0.3 is 0 Å². The van der Waals surface area contributed by atoms with Gasteiger partial charge in [0.1, 0.15) is 0 Å². The van der Waals surface area contributed by atoms with E-state index in [1.807, 2.05) is 0 Å². The van der Waals surface area contributed by atoms with Crippen LogP contribution in [0.1, 0.15) is 0 Å². The summed E-state index contributed by atoms with van der Waals surface area (Å²) in [6, 6.07) is 68.6. The van der Waals surface area contributed by atoms with Gasteiger partial charge in [0.2, 0.25) is 0 Å². The van der Waals surface area contributed by atoms with E-state index in [0.717, 1.165) is 21.9 Å². The van der Waals surface area contributed by atoms with E-state index in [9.17, 15) is 0 Å². The zero-order valence-corrected chi connectivity index (χ0v) is 30.5. The number of para-hydroxylation sites is 3. The molecule has 12 rings (SSSR count). The predicted octanol–water partition coefficient (Wildman–Crippen LogP) is 14.1. The molecule has 0 unspecified atom stereocenters. The van der Waals surface area contributed by atoms with Gasteiger partial charge in [-0.15, -0.1) is 0 Å². The summed E-state index contributed by atoms with van der Waals surface area (Å²) in [5.74, 6) is 0. The molecule has 0 atom stereocenters. The molecule has 0 radical (unpaired) electrons. The molecular weight excluding hydrogens is 687 g/mol. The van der Waals surface area contributed by atoms with Gasteiger partial charge in [0.05, 0.1) is 32.3 Å². The molecule has 3 nitrogen and oxygen atoms in total. The highest BCUT2D eigenvalue weighted by molar-refractivity contribution is 7.20. The lowest BCUT2D eigenvalue weighted by atomic mass is 9.93. The molecule has 4 heteroatoms. The summed E-state index contributed by atoms with van der Waals surface area (Å²) in [5.41, 5.74) is 11.8. The smallest absolute Gasteiger partial charge is 0.195 e. The SMILES string of the molecule is c1ccc2c(c1)cc(-c1ccc(-n3c4ccccc4c4c(-c5ccc6c(c5)c5ccccc5n6-c5nc6ccccc6s5)cccc43)cc1)c1ccccc12. The minimum Gasteiger partial charge on any atom is -0.309 e. The number of aromatic nitrogens is 3. The quantitative estimate of drug-likeness (QED) is 0.166. The molecule has 12 aromatic rings. The zero-order valence-electron chi connectivity index (χ0n) is 29.6. The van der Waals surface area contributed by atoms with Crippen LogP contribution in [-0.2, 0) is 0 Å². The van der Waals surface area contributed by atoms with E-state index >= 15 is 0 Å². The van der Waals surface area contributed by atoms with Crippen LogP contribution in [0.2, 0.25) is 0 Å². The minimum absolute atomic E-state index is 0.991. The molecule has 9 aromatic carbocycles. The van der Waals surface area contributed by atoms with Gasteiger partial charge in [-0.2, -0.15) is 0 Å². The Morgan fingerprint density at radius 2 is 1.02 bits per heavy atom. The monoisotopic (exact) mass is 717 g/mol. The Balaban J connectivity index is 1.03. The number of hydrogen-bond donors (Lipinski definition) is 0. The van der Waals surface area contributed by atoms with Gasteiger partial charge in [0, 0.05) is 27.2 Å². The first kappa shape index (κ1) is 30.5. The maximum Gasteiger partial charge on any atom is 0.195 e. The molecule has 0 bridgehead atoms. The van der Waals surface area contributed by atoms with Crippen LogP contribution in [-0.4, -0.2) is 14.1 Å². The van der Waals surface area contributed by atoms with Crippen molar-refractivity contribution in [3.8, 4) is 33.1 Å². The summed E-state index contributed by atoms with van der Waals surface area (Å²) >= 11 is 1.74. The van der Waals surface area contributed by atoms with Crippen LogP contribution in [0.3, 0.4) is 0 Å². The summed E-state index contributed by atoms with van der Waals surface area (Å²) in [6.45, 7) is 0. The van der Waals surface area contributed by atoms with E-state index in [1.165, 1.54) is 86.6 Å². The maximum absolute atomic E-state index is 5.07. The lowest BCUT2D eigenvalue weighted by Gasteiger charge is -2.13. The standard InChI is InChI=1S/C51H31N3S/c1-2-13-36-33(12-1)30-42(39-15-4-3-14-38(36)39)32-24-27-35(28-25-32)53-46-21-9-6-17-41(46)50-37(18-11-22-48(50)53)34-26-29-47-43(31-34)40-16-5-8-20-45(40)54(47)51-52-44-19-7-10-23-49(44)55-51/h1-31H. The van der Waals surface area contributed by atoms with Gasteiger partial charge in [-0.1, -0.05) is 139 Å². The molecule has 3 aromatic heterocycles. The highest BCUT2D eigenvalue weighted by atomic mass is 32.1. The van der Waals surface area contributed by atoms with Crippen LogP contribution >= 0.6 is 11.3 Å². The number of nitrogens with zero attached hydrogens (tertiary/aromatic N) is 3. The number of hydrogen-bond acceptors (Lipinski definition) is 2. The molecule has 256 valence electrons. The van der Waals surface area contributed by atoms with Crippen molar-refractivity contribution in [3.05, 3.63) is 188 Å².